The molecule has 51 heavy (non-hydrogen) atoms. The molecule has 1 heterocycles. The van der Waals surface area contributed by atoms with Crippen LogP contribution in [0.1, 0.15) is 22.3 Å². The Morgan fingerprint density at radius 2 is 0.863 bits per heavy atom. The number of hydrogen-bond donors (Lipinski definition) is 0. The maximum atomic E-state index is 6.78. The molecule has 0 radical (unpaired) electrons. The molecule has 0 fully saturated rings. The van der Waals surface area contributed by atoms with Crippen LogP contribution in [-0.2, 0) is 5.41 Å². The van der Waals surface area contributed by atoms with Gasteiger partial charge in [-0.25, -0.2) is 0 Å². The lowest BCUT2D eigenvalue weighted by atomic mass is 9.70. The zero-order chi connectivity index (χ0) is 33.5. The molecule has 8 aromatic carbocycles. The summed E-state index contributed by atoms with van der Waals surface area (Å²) in [5.74, 6) is 0. The molecule has 9 aromatic rings. The Balaban J connectivity index is 1.22. The first-order valence-electron chi connectivity index (χ1n) is 17.6. The molecule has 238 valence electrons. The predicted molar refractivity (Wildman–Crippen MR) is 210 cm³/mol. The van der Waals surface area contributed by atoms with Crippen molar-refractivity contribution < 1.29 is 4.42 Å². The second-order valence-corrected chi connectivity index (χ2v) is 13.6. The molecule has 2 heteroatoms. The molecule has 1 spiro atoms. The standard InChI is InChI=1S/C49H31NO/c1-3-15-33(16-4-1)50(34-17-5-2-6-18-34)35-30-41(48-42(31-35)40-22-10-14-26-47(40)51-48)32-27-28-39-38-21-9-13-25-45(38)49(46(39)29-32)43-23-11-7-19-36(43)37-20-8-12-24-44(37)49/h1-31H. The molecule has 0 saturated carbocycles. The van der Waals surface area contributed by atoms with Crippen LogP contribution in [0.3, 0.4) is 0 Å². The van der Waals surface area contributed by atoms with Gasteiger partial charge in [-0.2, -0.15) is 0 Å². The molecule has 2 aliphatic carbocycles. The Labute approximate surface area is 296 Å². The maximum absolute atomic E-state index is 6.78. The topological polar surface area (TPSA) is 16.4 Å². The summed E-state index contributed by atoms with van der Waals surface area (Å²) in [6.07, 6.45) is 0. The van der Waals surface area contributed by atoms with Crippen molar-refractivity contribution in [3.8, 4) is 33.4 Å². The van der Waals surface area contributed by atoms with Crippen LogP contribution in [0.15, 0.2) is 192 Å². The number of rotatable bonds is 4. The Kier molecular flexibility index (Phi) is 5.91. The number of benzene rings is 8. The SMILES string of the molecule is c1ccc(N(c2ccccc2)c2cc(-c3ccc4c(c3)C3(c5ccccc5-c5ccccc53)c3ccccc3-4)c3oc4ccccc4c3c2)cc1. The number of nitrogens with zero attached hydrogens (tertiary/aromatic N) is 1. The quantitative estimate of drug-likeness (QED) is 0.189. The lowest BCUT2D eigenvalue weighted by Crippen LogP contribution is -2.25. The molecule has 0 unspecified atom stereocenters. The average Bonchev–Trinajstić information content (AvgIpc) is 3.83. The summed E-state index contributed by atoms with van der Waals surface area (Å²) in [6.45, 7) is 0. The van der Waals surface area contributed by atoms with Crippen LogP contribution >= 0.6 is 0 Å². The van der Waals surface area contributed by atoms with E-state index in [9.17, 15) is 0 Å². The van der Waals surface area contributed by atoms with E-state index in [0.29, 0.717) is 0 Å². The monoisotopic (exact) mass is 649 g/mol. The number of hydrogen-bond acceptors (Lipinski definition) is 2. The summed E-state index contributed by atoms with van der Waals surface area (Å²) in [7, 11) is 0. The second-order valence-electron chi connectivity index (χ2n) is 13.6. The summed E-state index contributed by atoms with van der Waals surface area (Å²) in [5.41, 5.74) is 17.4. The van der Waals surface area contributed by atoms with Crippen LogP contribution in [0.5, 0.6) is 0 Å². The zero-order valence-electron chi connectivity index (χ0n) is 27.8. The molecule has 0 bridgehead atoms. The van der Waals surface area contributed by atoms with Crippen LogP contribution in [-0.4, -0.2) is 0 Å². The van der Waals surface area contributed by atoms with Gasteiger partial charge in [0.2, 0.25) is 0 Å². The van der Waals surface area contributed by atoms with Crippen LogP contribution in [0.2, 0.25) is 0 Å². The predicted octanol–water partition coefficient (Wildman–Crippen LogP) is 13.1. The first-order chi connectivity index (χ1) is 25.3. The van der Waals surface area contributed by atoms with E-state index in [1.165, 1.54) is 44.5 Å². The van der Waals surface area contributed by atoms with Crippen LogP contribution in [0.4, 0.5) is 17.1 Å². The van der Waals surface area contributed by atoms with Gasteiger partial charge in [0.1, 0.15) is 11.2 Å². The molecule has 0 atom stereocenters. The van der Waals surface area contributed by atoms with Crippen molar-refractivity contribution in [2.45, 2.75) is 5.41 Å². The third kappa shape index (κ3) is 3.87. The molecular weight excluding hydrogens is 619 g/mol. The van der Waals surface area contributed by atoms with Crippen LogP contribution in [0, 0.1) is 0 Å². The Hall–Kier alpha value is -6.64. The second kappa shape index (κ2) is 10.7. The van der Waals surface area contributed by atoms with E-state index < -0.39 is 5.41 Å². The van der Waals surface area contributed by atoms with Crippen molar-refractivity contribution in [3.05, 3.63) is 210 Å². The first-order valence-corrected chi connectivity index (χ1v) is 17.6. The Bertz CT molecular complexity index is 2710. The van der Waals surface area contributed by atoms with E-state index in [0.717, 1.165) is 50.1 Å². The van der Waals surface area contributed by atoms with Gasteiger partial charge in [-0.1, -0.05) is 140 Å². The summed E-state index contributed by atoms with van der Waals surface area (Å²) in [5, 5.41) is 2.21. The molecule has 2 aliphatic rings. The Morgan fingerprint density at radius 1 is 0.353 bits per heavy atom. The molecule has 0 N–H and O–H groups in total. The van der Waals surface area contributed by atoms with Gasteiger partial charge in [0.05, 0.1) is 5.41 Å². The lowest BCUT2D eigenvalue weighted by Gasteiger charge is -2.30. The summed E-state index contributed by atoms with van der Waals surface area (Å²) in [6, 6.07) is 68.3. The number of anilines is 3. The smallest absolute Gasteiger partial charge is 0.143 e. The largest absolute Gasteiger partial charge is 0.455 e. The van der Waals surface area contributed by atoms with Crippen molar-refractivity contribution >= 4 is 39.0 Å². The van der Waals surface area contributed by atoms with E-state index in [1.54, 1.807) is 0 Å². The molecule has 2 nitrogen and oxygen atoms in total. The minimum Gasteiger partial charge on any atom is -0.455 e. The van der Waals surface area contributed by atoms with Gasteiger partial charge in [-0.3, -0.25) is 0 Å². The van der Waals surface area contributed by atoms with Crippen molar-refractivity contribution in [1.82, 2.24) is 0 Å². The van der Waals surface area contributed by atoms with Gasteiger partial charge >= 0.3 is 0 Å². The number of furan rings is 1. The number of fused-ring (bicyclic) bond motifs is 13. The van der Waals surface area contributed by atoms with Gasteiger partial charge in [0.25, 0.3) is 0 Å². The molecule has 11 rings (SSSR count). The molecule has 0 amide bonds. The van der Waals surface area contributed by atoms with Crippen molar-refractivity contribution in [1.29, 1.82) is 0 Å². The third-order valence-corrected chi connectivity index (χ3v) is 11.1. The van der Waals surface area contributed by atoms with Crippen molar-refractivity contribution in [3.63, 3.8) is 0 Å². The summed E-state index contributed by atoms with van der Waals surface area (Å²) < 4.78 is 6.78. The van der Waals surface area contributed by atoms with E-state index in [1.807, 2.05) is 0 Å². The lowest BCUT2D eigenvalue weighted by molar-refractivity contribution is 0.670. The van der Waals surface area contributed by atoms with Crippen molar-refractivity contribution in [2.24, 2.45) is 0 Å². The normalized spacial score (nSPS) is 13.3. The summed E-state index contributed by atoms with van der Waals surface area (Å²) in [4.78, 5) is 2.35. The molecular formula is C49H31NO. The van der Waals surface area contributed by atoms with Crippen molar-refractivity contribution in [2.75, 3.05) is 4.90 Å². The minimum absolute atomic E-state index is 0.417. The third-order valence-electron chi connectivity index (χ3n) is 11.1. The van der Waals surface area contributed by atoms with E-state index in [4.69, 9.17) is 4.42 Å². The van der Waals surface area contributed by atoms with E-state index >= 15 is 0 Å². The minimum atomic E-state index is -0.417. The van der Waals surface area contributed by atoms with Crippen LogP contribution < -0.4 is 4.90 Å². The summed E-state index contributed by atoms with van der Waals surface area (Å²) >= 11 is 0. The van der Waals surface area contributed by atoms with Crippen LogP contribution in [0.25, 0.3) is 55.3 Å². The maximum Gasteiger partial charge on any atom is 0.143 e. The fraction of sp³-hybridized carbons (Fsp3) is 0.0204. The molecule has 0 saturated heterocycles. The zero-order valence-corrected chi connectivity index (χ0v) is 27.8. The van der Waals surface area contributed by atoms with E-state index in [2.05, 4.69) is 193 Å². The van der Waals surface area contributed by atoms with Gasteiger partial charge in [0.15, 0.2) is 0 Å². The average molecular weight is 650 g/mol. The highest BCUT2D eigenvalue weighted by Crippen LogP contribution is 2.63. The molecule has 1 aromatic heterocycles. The highest BCUT2D eigenvalue weighted by Gasteiger charge is 2.51. The highest BCUT2D eigenvalue weighted by atomic mass is 16.3. The van der Waals surface area contributed by atoms with Gasteiger partial charge in [0, 0.05) is 33.4 Å². The van der Waals surface area contributed by atoms with Gasteiger partial charge < -0.3 is 9.32 Å². The fourth-order valence-corrected chi connectivity index (χ4v) is 9.02. The molecule has 0 aliphatic heterocycles. The number of para-hydroxylation sites is 3. The van der Waals surface area contributed by atoms with Gasteiger partial charge in [-0.15, -0.1) is 0 Å². The Morgan fingerprint density at radius 3 is 1.47 bits per heavy atom. The van der Waals surface area contributed by atoms with E-state index in [-0.39, 0.29) is 0 Å². The highest BCUT2D eigenvalue weighted by molar-refractivity contribution is 6.12. The van der Waals surface area contributed by atoms with Gasteiger partial charge in [-0.05, 0) is 98.6 Å². The first kappa shape index (κ1) is 28.2. The fourth-order valence-electron chi connectivity index (χ4n) is 9.02.